The lowest BCUT2D eigenvalue weighted by atomic mass is 10.2. The Morgan fingerprint density at radius 1 is 1.23 bits per heavy atom. The number of halogens is 1. The van der Waals surface area contributed by atoms with Gasteiger partial charge in [-0.15, -0.1) is 0 Å². The molecule has 2 aliphatic rings. The van der Waals surface area contributed by atoms with Gasteiger partial charge in [-0.3, -0.25) is 5.43 Å². The zero-order valence-corrected chi connectivity index (χ0v) is 16.1. The Kier molecular flexibility index (Phi) is 7.31. The zero-order valence-electron chi connectivity index (χ0n) is 14.6. The number of hydrogen-bond acceptors (Lipinski definition) is 5. The van der Waals surface area contributed by atoms with Crippen molar-refractivity contribution in [3.8, 4) is 11.5 Å². The summed E-state index contributed by atoms with van der Waals surface area (Å²) < 4.78 is 16.4. The minimum atomic E-state index is 0.502. The van der Waals surface area contributed by atoms with Crippen LogP contribution in [-0.4, -0.2) is 63.9 Å². The number of quaternary nitrogens is 1. The minimum absolute atomic E-state index is 0.502. The van der Waals surface area contributed by atoms with Crippen LogP contribution in [0.25, 0.3) is 0 Å². The first-order valence-electron chi connectivity index (χ1n) is 8.80. The number of nitrogens with zero attached hydrogens (tertiary/aromatic N) is 1. The SMILES string of the molecule is S=C(NCCC[NH+]1CCOCC1)N/N=C\c1cc(Cl)c2c(c1)OCCO2. The fourth-order valence-electron chi connectivity index (χ4n) is 2.86. The van der Waals surface area contributed by atoms with Crippen molar-refractivity contribution in [1.82, 2.24) is 10.7 Å². The molecule has 0 amide bonds. The average Bonchev–Trinajstić information content (AvgIpc) is 2.66. The van der Waals surface area contributed by atoms with Gasteiger partial charge in [-0.2, -0.15) is 5.10 Å². The van der Waals surface area contributed by atoms with E-state index >= 15 is 0 Å². The second kappa shape index (κ2) is 9.91. The highest BCUT2D eigenvalue weighted by atomic mass is 35.5. The number of morpholine rings is 1. The molecule has 0 spiro atoms. The van der Waals surface area contributed by atoms with E-state index in [0.717, 1.165) is 51.4 Å². The number of nitrogens with one attached hydrogen (secondary N) is 3. The molecule has 2 aliphatic heterocycles. The van der Waals surface area contributed by atoms with Crippen molar-refractivity contribution in [3.63, 3.8) is 0 Å². The number of rotatable bonds is 6. The molecule has 1 aromatic rings. The number of hydrazone groups is 1. The summed E-state index contributed by atoms with van der Waals surface area (Å²) in [6.07, 6.45) is 2.70. The molecule has 1 saturated heterocycles. The van der Waals surface area contributed by atoms with E-state index in [0.29, 0.717) is 34.8 Å². The molecule has 0 aromatic heterocycles. The first-order chi connectivity index (χ1) is 12.7. The molecule has 3 N–H and O–H groups in total. The van der Waals surface area contributed by atoms with Gasteiger partial charge >= 0.3 is 0 Å². The van der Waals surface area contributed by atoms with E-state index in [1.165, 1.54) is 0 Å². The maximum Gasteiger partial charge on any atom is 0.186 e. The maximum absolute atomic E-state index is 6.20. The number of benzene rings is 1. The predicted octanol–water partition coefficient (Wildman–Crippen LogP) is 0.214. The molecule has 1 fully saturated rings. The van der Waals surface area contributed by atoms with E-state index in [9.17, 15) is 0 Å². The van der Waals surface area contributed by atoms with Crippen LogP contribution in [0.4, 0.5) is 0 Å². The highest BCUT2D eigenvalue weighted by molar-refractivity contribution is 7.80. The molecule has 0 bridgehead atoms. The van der Waals surface area contributed by atoms with Gasteiger partial charge in [-0.25, -0.2) is 0 Å². The molecule has 2 heterocycles. The Labute approximate surface area is 163 Å². The second-order valence-electron chi connectivity index (χ2n) is 6.12. The molecule has 142 valence electrons. The van der Waals surface area contributed by atoms with Gasteiger partial charge in [-0.05, 0) is 29.9 Å². The minimum Gasteiger partial charge on any atom is -0.486 e. The van der Waals surface area contributed by atoms with Gasteiger partial charge in [0.05, 0.1) is 31.0 Å². The van der Waals surface area contributed by atoms with Gasteiger partial charge in [0.25, 0.3) is 0 Å². The molecule has 0 atom stereocenters. The van der Waals surface area contributed by atoms with Crippen molar-refractivity contribution in [1.29, 1.82) is 0 Å². The van der Waals surface area contributed by atoms with Crippen LogP contribution in [0.2, 0.25) is 5.02 Å². The maximum atomic E-state index is 6.20. The van der Waals surface area contributed by atoms with Crippen LogP contribution < -0.4 is 25.1 Å². The molecular weight excluding hydrogens is 376 g/mol. The molecule has 0 saturated carbocycles. The first kappa shape index (κ1) is 19.2. The molecule has 7 nitrogen and oxygen atoms in total. The normalized spacial score (nSPS) is 17.3. The third kappa shape index (κ3) is 5.70. The van der Waals surface area contributed by atoms with Gasteiger partial charge < -0.3 is 24.4 Å². The van der Waals surface area contributed by atoms with Gasteiger partial charge in [0.1, 0.15) is 26.3 Å². The van der Waals surface area contributed by atoms with Gasteiger partial charge in [0.15, 0.2) is 16.6 Å². The number of thiocarbonyl (C=S) groups is 1. The van der Waals surface area contributed by atoms with Crippen LogP contribution in [0.1, 0.15) is 12.0 Å². The molecule has 1 aromatic carbocycles. The average molecular weight is 400 g/mol. The summed E-state index contributed by atoms with van der Waals surface area (Å²) in [7, 11) is 0. The summed E-state index contributed by atoms with van der Waals surface area (Å²) in [6, 6.07) is 3.62. The second-order valence-corrected chi connectivity index (χ2v) is 6.93. The molecule has 3 rings (SSSR count). The van der Waals surface area contributed by atoms with E-state index < -0.39 is 0 Å². The fourth-order valence-corrected chi connectivity index (χ4v) is 3.29. The number of fused-ring (bicyclic) bond motifs is 1. The lowest BCUT2D eigenvalue weighted by Gasteiger charge is -2.23. The van der Waals surface area contributed by atoms with Gasteiger partial charge in [0.2, 0.25) is 0 Å². The van der Waals surface area contributed by atoms with Gasteiger partial charge in [-0.1, -0.05) is 11.6 Å². The Bertz CT molecular complexity index is 653. The molecular formula is C17H24ClN4O3S+. The highest BCUT2D eigenvalue weighted by Gasteiger charge is 2.16. The smallest absolute Gasteiger partial charge is 0.186 e. The van der Waals surface area contributed by atoms with E-state index in [1.807, 2.05) is 6.07 Å². The zero-order chi connectivity index (χ0) is 18.2. The third-order valence-electron chi connectivity index (χ3n) is 4.19. The van der Waals surface area contributed by atoms with Crippen molar-refractivity contribution in [2.24, 2.45) is 5.10 Å². The van der Waals surface area contributed by atoms with Crippen LogP contribution in [0.5, 0.6) is 11.5 Å². The summed E-state index contributed by atoms with van der Waals surface area (Å²) in [5.74, 6) is 1.22. The third-order valence-corrected chi connectivity index (χ3v) is 4.71. The van der Waals surface area contributed by atoms with Crippen molar-refractivity contribution < 1.29 is 19.1 Å². The predicted molar refractivity (Wildman–Crippen MR) is 105 cm³/mol. The molecule has 26 heavy (non-hydrogen) atoms. The van der Waals surface area contributed by atoms with Crippen molar-refractivity contribution in [2.75, 3.05) is 52.6 Å². The van der Waals surface area contributed by atoms with Crippen LogP contribution in [-0.2, 0) is 4.74 Å². The van der Waals surface area contributed by atoms with Crippen LogP contribution in [0.3, 0.4) is 0 Å². The monoisotopic (exact) mass is 399 g/mol. The van der Waals surface area contributed by atoms with Crippen molar-refractivity contribution in [2.45, 2.75) is 6.42 Å². The largest absolute Gasteiger partial charge is 0.486 e. The Balaban J connectivity index is 1.38. The summed E-state index contributed by atoms with van der Waals surface area (Å²) >= 11 is 11.4. The standard InChI is InChI=1S/C17H23ClN4O3S/c18-14-10-13(11-15-16(14)25-9-8-24-15)12-20-21-17(26)19-2-1-3-22-4-6-23-7-5-22/h10-12H,1-9H2,(H2,19,21,26)/p+1/b20-12-. The molecule has 0 radical (unpaired) electrons. The van der Waals surface area contributed by atoms with Crippen molar-refractivity contribution in [3.05, 3.63) is 22.7 Å². The number of ether oxygens (including phenoxy) is 3. The quantitative estimate of drug-likeness (QED) is 0.275. The van der Waals surface area contributed by atoms with E-state index in [4.69, 9.17) is 38.0 Å². The van der Waals surface area contributed by atoms with E-state index in [2.05, 4.69) is 15.8 Å². The van der Waals surface area contributed by atoms with Crippen molar-refractivity contribution >= 4 is 35.1 Å². The number of hydrogen-bond donors (Lipinski definition) is 3. The fraction of sp³-hybridized carbons (Fsp3) is 0.529. The highest BCUT2D eigenvalue weighted by Crippen LogP contribution is 2.37. The summed E-state index contributed by atoms with van der Waals surface area (Å²) in [6.45, 7) is 6.87. The van der Waals surface area contributed by atoms with Gasteiger partial charge in [0, 0.05) is 13.0 Å². The Morgan fingerprint density at radius 2 is 2.04 bits per heavy atom. The first-order valence-corrected chi connectivity index (χ1v) is 9.58. The molecule has 0 unspecified atom stereocenters. The summed E-state index contributed by atoms with van der Waals surface area (Å²) in [4.78, 5) is 1.59. The Hall–Kier alpha value is -1.61. The summed E-state index contributed by atoms with van der Waals surface area (Å²) in [5, 5.41) is 8.32. The lowest BCUT2D eigenvalue weighted by Crippen LogP contribution is -3.14. The topological polar surface area (TPSA) is 68.5 Å². The van der Waals surface area contributed by atoms with Crippen LogP contribution in [0, 0.1) is 0 Å². The Morgan fingerprint density at radius 3 is 2.88 bits per heavy atom. The lowest BCUT2D eigenvalue weighted by molar-refractivity contribution is -0.908. The van der Waals surface area contributed by atoms with Crippen LogP contribution >= 0.6 is 23.8 Å². The molecule has 9 heteroatoms. The molecule has 0 aliphatic carbocycles. The van der Waals surface area contributed by atoms with Crippen LogP contribution in [0.15, 0.2) is 17.2 Å². The summed E-state index contributed by atoms with van der Waals surface area (Å²) in [5.41, 5.74) is 3.63. The van der Waals surface area contributed by atoms with E-state index in [1.54, 1.807) is 17.2 Å². The van der Waals surface area contributed by atoms with E-state index in [-0.39, 0.29) is 0 Å².